The lowest BCUT2D eigenvalue weighted by Gasteiger charge is -2.14. The highest BCUT2D eigenvalue weighted by molar-refractivity contribution is 5.94. The molecular formula is C10H13N3O3. The van der Waals surface area contributed by atoms with Crippen LogP contribution in [0.4, 0.5) is 0 Å². The van der Waals surface area contributed by atoms with Crippen molar-refractivity contribution >= 4 is 11.9 Å². The first kappa shape index (κ1) is 12.1. The van der Waals surface area contributed by atoms with Gasteiger partial charge in [0.2, 0.25) is 0 Å². The van der Waals surface area contributed by atoms with Gasteiger partial charge in [0.1, 0.15) is 0 Å². The summed E-state index contributed by atoms with van der Waals surface area (Å²) in [5.41, 5.74) is 0.374. The van der Waals surface area contributed by atoms with Gasteiger partial charge in [0.25, 0.3) is 5.91 Å². The van der Waals surface area contributed by atoms with E-state index < -0.39 is 5.97 Å². The molecular weight excluding hydrogens is 210 g/mol. The molecule has 0 aliphatic rings. The SMILES string of the molecule is CCC(CC(=O)O)NC(=O)c1ccnnc1. The molecule has 0 saturated heterocycles. The lowest BCUT2D eigenvalue weighted by atomic mass is 10.1. The molecule has 16 heavy (non-hydrogen) atoms. The number of carbonyl (C=O) groups is 2. The molecule has 0 aliphatic heterocycles. The molecule has 0 spiro atoms. The average molecular weight is 223 g/mol. The summed E-state index contributed by atoms with van der Waals surface area (Å²) in [6.45, 7) is 1.82. The van der Waals surface area contributed by atoms with Crippen molar-refractivity contribution in [3.05, 3.63) is 24.0 Å². The molecule has 1 aromatic heterocycles. The third kappa shape index (κ3) is 3.64. The van der Waals surface area contributed by atoms with E-state index in [0.29, 0.717) is 12.0 Å². The molecule has 0 fully saturated rings. The highest BCUT2D eigenvalue weighted by Crippen LogP contribution is 2.01. The van der Waals surface area contributed by atoms with Crippen molar-refractivity contribution in [3.63, 3.8) is 0 Å². The number of carboxylic acids is 1. The predicted molar refractivity (Wildman–Crippen MR) is 55.8 cm³/mol. The van der Waals surface area contributed by atoms with E-state index in [4.69, 9.17) is 5.11 Å². The first-order valence-electron chi connectivity index (χ1n) is 4.92. The average Bonchev–Trinajstić information content (AvgIpc) is 2.28. The zero-order valence-corrected chi connectivity index (χ0v) is 8.88. The van der Waals surface area contributed by atoms with E-state index in [9.17, 15) is 9.59 Å². The molecule has 1 rings (SSSR count). The summed E-state index contributed by atoms with van der Waals surface area (Å²) in [6, 6.07) is 1.16. The highest BCUT2D eigenvalue weighted by atomic mass is 16.4. The summed E-state index contributed by atoms with van der Waals surface area (Å²) < 4.78 is 0. The fourth-order valence-electron chi connectivity index (χ4n) is 1.20. The summed E-state index contributed by atoms with van der Waals surface area (Å²) in [7, 11) is 0. The Morgan fingerprint density at radius 2 is 2.25 bits per heavy atom. The molecule has 0 radical (unpaired) electrons. The minimum absolute atomic E-state index is 0.0826. The maximum atomic E-state index is 11.6. The minimum atomic E-state index is -0.931. The number of hydrogen-bond donors (Lipinski definition) is 2. The Morgan fingerprint density at radius 3 is 2.75 bits per heavy atom. The number of hydrogen-bond acceptors (Lipinski definition) is 4. The van der Waals surface area contributed by atoms with Crippen LogP contribution in [-0.2, 0) is 4.79 Å². The minimum Gasteiger partial charge on any atom is -0.481 e. The van der Waals surface area contributed by atoms with Crippen LogP contribution in [0.5, 0.6) is 0 Å². The Balaban J connectivity index is 2.59. The maximum Gasteiger partial charge on any atom is 0.305 e. The molecule has 0 aromatic carbocycles. The van der Waals surface area contributed by atoms with Gasteiger partial charge < -0.3 is 10.4 Å². The normalized spacial score (nSPS) is 11.8. The van der Waals surface area contributed by atoms with Crippen LogP contribution in [0, 0.1) is 0 Å². The summed E-state index contributed by atoms with van der Waals surface area (Å²) in [5, 5.41) is 18.4. The molecule has 0 bridgehead atoms. The number of carbonyl (C=O) groups excluding carboxylic acids is 1. The van der Waals surface area contributed by atoms with Crippen molar-refractivity contribution in [2.75, 3.05) is 0 Å². The first-order chi connectivity index (χ1) is 7.63. The largest absolute Gasteiger partial charge is 0.481 e. The molecule has 6 nitrogen and oxygen atoms in total. The third-order valence-corrected chi connectivity index (χ3v) is 2.10. The molecule has 1 unspecified atom stereocenters. The van der Waals surface area contributed by atoms with Gasteiger partial charge in [-0.05, 0) is 12.5 Å². The second kappa shape index (κ2) is 5.79. The van der Waals surface area contributed by atoms with Crippen LogP contribution in [0.25, 0.3) is 0 Å². The lowest BCUT2D eigenvalue weighted by molar-refractivity contribution is -0.137. The number of amides is 1. The number of nitrogens with zero attached hydrogens (tertiary/aromatic N) is 2. The molecule has 1 aromatic rings. The summed E-state index contributed by atoms with van der Waals surface area (Å²) >= 11 is 0. The molecule has 1 heterocycles. The van der Waals surface area contributed by atoms with Gasteiger partial charge in [-0.15, -0.1) is 0 Å². The second-order valence-corrected chi connectivity index (χ2v) is 3.31. The van der Waals surface area contributed by atoms with Crippen LogP contribution >= 0.6 is 0 Å². The summed E-state index contributed by atoms with van der Waals surface area (Å²) in [6.07, 6.45) is 3.23. The van der Waals surface area contributed by atoms with Crippen LogP contribution in [0.1, 0.15) is 30.1 Å². The number of rotatable bonds is 5. The van der Waals surface area contributed by atoms with E-state index in [1.807, 2.05) is 6.92 Å². The Kier molecular flexibility index (Phi) is 4.38. The van der Waals surface area contributed by atoms with Gasteiger partial charge in [-0.3, -0.25) is 9.59 Å². The van der Waals surface area contributed by atoms with Crippen molar-refractivity contribution in [2.24, 2.45) is 0 Å². The van der Waals surface area contributed by atoms with E-state index in [1.54, 1.807) is 0 Å². The monoisotopic (exact) mass is 223 g/mol. The summed E-state index contributed by atoms with van der Waals surface area (Å²) in [4.78, 5) is 22.1. The fraction of sp³-hybridized carbons (Fsp3) is 0.400. The van der Waals surface area contributed by atoms with Gasteiger partial charge in [-0.1, -0.05) is 6.92 Å². The standard InChI is InChI=1S/C10H13N3O3/c1-2-8(5-9(14)15)13-10(16)7-3-4-11-12-6-7/h3-4,6,8H,2,5H2,1H3,(H,13,16)(H,14,15). The first-order valence-corrected chi connectivity index (χ1v) is 4.92. The molecule has 0 aliphatic carbocycles. The topological polar surface area (TPSA) is 92.2 Å². The smallest absolute Gasteiger partial charge is 0.305 e. The van der Waals surface area contributed by atoms with Crippen LogP contribution in [0.3, 0.4) is 0 Å². The molecule has 1 atom stereocenters. The third-order valence-electron chi connectivity index (χ3n) is 2.10. The van der Waals surface area contributed by atoms with Crippen LogP contribution in [0.2, 0.25) is 0 Å². The van der Waals surface area contributed by atoms with Gasteiger partial charge in [0.05, 0.1) is 24.4 Å². The highest BCUT2D eigenvalue weighted by Gasteiger charge is 2.15. The van der Waals surface area contributed by atoms with Crippen LogP contribution in [0.15, 0.2) is 18.5 Å². The number of aromatic nitrogens is 2. The van der Waals surface area contributed by atoms with Gasteiger partial charge in [-0.25, -0.2) is 0 Å². The number of carboxylic acid groups (broad SMARTS) is 1. The predicted octanol–water partition coefficient (Wildman–Crippen LogP) is 0.460. The van der Waals surface area contributed by atoms with Gasteiger partial charge in [0, 0.05) is 6.04 Å². The molecule has 6 heteroatoms. The van der Waals surface area contributed by atoms with Crippen molar-refractivity contribution in [2.45, 2.75) is 25.8 Å². The van der Waals surface area contributed by atoms with E-state index in [0.717, 1.165) is 0 Å². The van der Waals surface area contributed by atoms with E-state index in [2.05, 4.69) is 15.5 Å². The van der Waals surface area contributed by atoms with Crippen molar-refractivity contribution in [3.8, 4) is 0 Å². The van der Waals surface area contributed by atoms with Gasteiger partial charge in [0.15, 0.2) is 0 Å². The molecule has 86 valence electrons. The molecule has 1 amide bonds. The quantitative estimate of drug-likeness (QED) is 0.756. The maximum absolute atomic E-state index is 11.6. The Labute approximate surface area is 92.7 Å². The number of nitrogens with one attached hydrogen (secondary N) is 1. The number of aliphatic carboxylic acids is 1. The van der Waals surface area contributed by atoms with Crippen LogP contribution in [-0.4, -0.2) is 33.2 Å². The van der Waals surface area contributed by atoms with Crippen molar-refractivity contribution in [1.82, 2.24) is 15.5 Å². The summed E-state index contributed by atoms with van der Waals surface area (Å²) in [5.74, 6) is -1.26. The Morgan fingerprint density at radius 1 is 1.50 bits per heavy atom. The zero-order chi connectivity index (χ0) is 12.0. The Hall–Kier alpha value is -1.98. The van der Waals surface area contributed by atoms with E-state index >= 15 is 0 Å². The molecule has 0 saturated carbocycles. The second-order valence-electron chi connectivity index (χ2n) is 3.31. The van der Waals surface area contributed by atoms with E-state index in [1.165, 1.54) is 18.5 Å². The van der Waals surface area contributed by atoms with Crippen molar-refractivity contribution in [1.29, 1.82) is 0 Å². The molecule has 2 N–H and O–H groups in total. The van der Waals surface area contributed by atoms with Gasteiger partial charge in [-0.2, -0.15) is 10.2 Å². The zero-order valence-electron chi connectivity index (χ0n) is 8.88. The van der Waals surface area contributed by atoms with Gasteiger partial charge >= 0.3 is 5.97 Å². The lowest BCUT2D eigenvalue weighted by Crippen LogP contribution is -2.36. The Bertz CT molecular complexity index is 367. The fourth-order valence-corrected chi connectivity index (χ4v) is 1.20. The van der Waals surface area contributed by atoms with Crippen LogP contribution < -0.4 is 5.32 Å². The van der Waals surface area contributed by atoms with E-state index in [-0.39, 0.29) is 18.4 Å². The van der Waals surface area contributed by atoms with Crippen molar-refractivity contribution < 1.29 is 14.7 Å².